The van der Waals surface area contributed by atoms with Crippen molar-refractivity contribution in [2.45, 2.75) is 39.5 Å². The molecule has 98 valence electrons. The highest BCUT2D eigenvalue weighted by Crippen LogP contribution is 2.18. The quantitative estimate of drug-likeness (QED) is 0.883. The normalized spacial score (nSPS) is 16.8. The average Bonchev–Trinajstić information content (AvgIpc) is 2.35. The van der Waals surface area contributed by atoms with E-state index in [4.69, 9.17) is 0 Å². The van der Waals surface area contributed by atoms with E-state index in [0.717, 1.165) is 37.9 Å². The number of hydrogen-bond donors (Lipinski definition) is 1. The minimum absolute atomic E-state index is 0.394. The summed E-state index contributed by atoms with van der Waals surface area (Å²) >= 11 is 0. The molecule has 1 N–H and O–H groups in total. The van der Waals surface area contributed by atoms with E-state index >= 15 is 0 Å². The van der Waals surface area contributed by atoms with Crippen LogP contribution in [0.2, 0.25) is 0 Å². The standard InChI is InChI=1S/C16H23NO/c1-12-3-4-15(9-13(12)2)11-16(18)10-14-5-7-17-8-6-14/h3-4,9,14,17H,5-8,10-11H2,1-2H3. The predicted octanol–water partition coefficient (Wildman–Crippen LogP) is 2.80. The van der Waals surface area contributed by atoms with Gasteiger partial charge >= 0.3 is 0 Å². The second kappa shape index (κ2) is 6.14. The molecule has 0 radical (unpaired) electrons. The lowest BCUT2D eigenvalue weighted by Crippen LogP contribution is -2.29. The van der Waals surface area contributed by atoms with Crippen molar-refractivity contribution in [2.24, 2.45) is 5.92 Å². The van der Waals surface area contributed by atoms with Crippen LogP contribution in [0.25, 0.3) is 0 Å². The van der Waals surface area contributed by atoms with Crippen molar-refractivity contribution in [1.82, 2.24) is 5.32 Å². The van der Waals surface area contributed by atoms with Gasteiger partial charge in [0.15, 0.2) is 0 Å². The first-order valence-corrected chi connectivity index (χ1v) is 6.93. The Morgan fingerprint density at radius 1 is 1.22 bits per heavy atom. The minimum Gasteiger partial charge on any atom is -0.317 e. The molecular formula is C16H23NO. The summed E-state index contributed by atoms with van der Waals surface area (Å²) in [5.74, 6) is 0.996. The molecule has 0 aliphatic carbocycles. The topological polar surface area (TPSA) is 29.1 Å². The summed E-state index contributed by atoms with van der Waals surface area (Å²) in [6, 6.07) is 6.35. The first kappa shape index (κ1) is 13.3. The highest BCUT2D eigenvalue weighted by atomic mass is 16.1. The van der Waals surface area contributed by atoms with Crippen LogP contribution in [0, 0.1) is 19.8 Å². The summed E-state index contributed by atoms with van der Waals surface area (Å²) in [5.41, 5.74) is 3.74. The fraction of sp³-hybridized carbons (Fsp3) is 0.562. The number of carbonyl (C=O) groups is 1. The third kappa shape index (κ3) is 3.67. The Kier molecular flexibility index (Phi) is 4.54. The summed E-state index contributed by atoms with van der Waals surface area (Å²) in [6.07, 6.45) is 3.66. The van der Waals surface area contributed by atoms with Gasteiger partial charge in [-0.05, 0) is 62.4 Å². The van der Waals surface area contributed by atoms with Gasteiger partial charge in [-0.25, -0.2) is 0 Å². The number of benzene rings is 1. The molecular weight excluding hydrogens is 222 g/mol. The molecule has 1 aliphatic rings. The molecule has 2 nitrogen and oxygen atoms in total. The number of Topliss-reactive ketones (excluding diaryl/α,β-unsaturated/α-hetero) is 1. The van der Waals surface area contributed by atoms with E-state index in [2.05, 4.69) is 37.4 Å². The van der Waals surface area contributed by atoms with E-state index in [1.807, 2.05) is 0 Å². The Balaban J connectivity index is 1.88. The molecule has 1 aromatic carbocycles. The Hall–Kier alpha value is -1.15. The van der Waals surface area contributed by atoms with Crippen LogP contribution in [0.4, 0.5) is 0 Å². The zero-order valence-corrected chi connectivity index (χ0v) is 11.5. The lowest BCUT2D eigenvalue weighted by molar-refractivity contribution is -0.119. The second-order valence-electron chi connectivity index (χ2n) is 5.53. The SMILES string of the molecule is Cc1ccc(CC(=O)CC2CCNCC2)cc1C. The van der Waals surface area contributed by atoms with Crippen molar-refractivity contribution in [3.05, 3.63) is 34.9 Å². The van der Waals surface area contributed by atoms with Gasteiger partial charge in [-0.15, -0.1) is 0 Å². The molecule has 0 bridgehead atoms. The largest absolute Gasteiger partial charge is 0.317 e. The van der Waals surface area contributed by atoms with Gasteiger partial charge in [-0.2, -0.15) is 0 Å². The van der Waals surface area contributed by atoms with Crippen LogP contribution in [0.15, 0.2) is 18.2 Å². The van der Waals surface area contributed by atoms with Gasteiger partial charge in [0, 0.05) is 12.8 Å². The number of aryl methyl sites for hydroxylation is 2. The molecule has 18 heavy (non-hydrogen) atoms. The van der Waals surface area contributed by atoms with Crippen LogP contribution in [-0.4, -0.2) is 18.9 Å². The maximum atomic E-state index is 12.1. The van der Waals surface area contributed by atoms with E-state index in [0.29, 0.717) is 18.1 Å². The maximum absolute atomic E-state index is 12.1. The van der Waals surface area contributed by atoms with Crippen LogP contribution in [0.3, 0.4) is 0 Å². The van der Waals surface area contributed by atoms with Crippen molar-refractivity contribution in [1.29, 1.82) is 0 Å². The van der Waals surface area contributed by atoms with Crippen LogP contribution < -0.4 is 5.32 Å². The van der Waals surface area contributed by atoms with Crippen molar-refractivity contribution >= 4 is 5.78 Å². The predicted molar refractivity (Wildman–Crippen MR) is 74.8 cm³/mol. The second-order valence-corrected chi connectivity index (χ2v) is 5.53. The summed E-state index contributed by atoms with van der Waals surface area (Å²) in [6.45, 7) is 6.36. The van der Waals surface area contributed by atoms with Crippen LogP contribution >= 0.6 is 0 Å². The molecule has 2 heteroatoms. The zero-order valence-electron chi connectivity index (χ0n) is 11.5. The van der Waals surface area contributed by atoms with Crippen molar-refractivity contribution in [2.75, 3.05) is 13.1 Å². The van der Waals surface area contributed by atoms with Gasteiger partial charge in [0.05, 0.1) is 0 Å². The number of hydrogen-bond acceptors (Lipinski definition) is 2. The lowest BCUT2D eigenvalue weighted by atomic mass is 9.90. The number of nitrogens with one attached hydrogen (secondary N) is 1. The van der Waals surface area contributed by atoms with Crippen LogP contribution in [0.5, 0.6) is 0 Å². The summed E-state index contributed by atoms with van der Waals surface area (Å²) in [4.78, 5) is 12.1. The Morgan fingerprint density at radius 3 is 2.61 bits per heavy atom. The van der Waals surface area contributed by atoms with Gasteiger partial charge in [0.1, 0.15) is 5.78 Å². The van der Waals surface area contributed by atoms with Crippen molar-refractivity contribution in [3.63, 3.8) is 0 Å². The summed E-state index contributed by atoms with van der Waals surface area (Å²) in [5, 5.41) is 3.34. The van der Waals surface area contributed by atoms with E-state index < -0.39 is 0 Å². The first-order chi connectivity index (χ1) is 8.65. The highest BCUT2D eigenvalue weighted by molar-refractivity contribution is 5.81. The monoisotopic (exact) mass is 245 g/mol. The van der Waals surface area contributed by atoms with Crippen LogP contribution in [-0.2, 0) is 11.2 Å². The number of ketones is 1. The van der Waals surface area contributed by atoms with E-state index in [1.54, 1.807) is 0 Å². The summed E-state index contributed by atoms with van der Waals surface area (Å²) < 4.78 is 0. The third-order valence-corrected chi connectivity index (χ3v) is 3.95. The first-order valence-electron chi connectivity index (χ1n) is 6.93. The molecule has 0 aromatic heterocycles. The zero-order chi connectivity index (χ0) is 13.0. The lowest BCUT2D eigenvalue weighted by Gasteiger charge is -2.21. The molecule has 0 unspecified atom stereocenters. The highest BCUT2D eigenvalue weighted by Gasteiger charge is 2.16. The minimum atomic E-state index is 0.394. The van der Waals surface area contributed by atoms with E-state index in [-0.39, 0.29) is 0 Å². The van der Waals surface area contributed by atoms with Gasteiger partial charge < -0.3 is 5.32 Å². The molecule has 1 aliphatic heterocycles. The molecule has 0 saturated carbocycles. The fourth-order valence-electron chi connectivity index (χ4n) is 2.62. The molecule has 0 atom stereocenters. The Morgan fingerprint density at radius 2 is 1.94 bits per heavy atom. The van der Waals surface area contributed by atoms with Gasteiger partial charge in [0.2, 0.25) is 0 Å². The molecule has 2 rings (SSSR count). The third-order valence-electron chi connectivity index (χ3n) is 3.95. The van der Waals surface area contributed by atoms with Gasteiger partial charge in [-0.1, -0.05) is 18.2 Å². The molecule has 1 aromatic rings. The number of carbonyl (C=O) groups excluding carboxylic acids is 1. The number of rotatable bonds is 4. The average molecular weight is 245 g/mol. The Labute approximate surface area is 110 Å². The summed E-state index contributed by atoms with van der Waals surface area (Å²) in [7, 11) is 0. The maximum Gasteiger partial charge on any atom is 0.137 e. The van der Waals surface area contributed by atoms with Gasteiger partial charge in [0.25, 0.3) is 0 Å². The van der Waals surface area contributed by atoms with Crippen molar-refractivity contribution < 1.29 is 4.79 Å². The molecule has 0 amide bonds. The van der Waals surface area contributed by atoms with Gasteiger partial charge in [-0.3, -0.25) is 4.79 Å². The Bertz CT molecular complexity index is 419. The number of piperidine rings is 1. The molecule has 0 spiro atoms. The van der Waals surface area contributed by atoms with Crippen LogP contribution in [0.1, 0.15) is 36.0 Å². The van der Waals surface area contributed by atoms with E-state index in [9.17, 15) is 4.79 Å². The fourth-order valence-corrected chi connectivity index (χ4v) is 2.62. The smallest absolute Gasteiger partial charge is 0.137 e. The molecule has 1 heterocycles. The molecule has 1 saturated heterocycles. The van der Waals surface area contributed by atoms with Crippen molar-refractivity contribution in [3.8, 4) is 0 Å². The molecule has 1 fully saturated rings. The van der Waals surface area contributed by atoms with E-state index in [1.165, 1.54) is 11.1 Å².